The molecule has 0 radical (unpaired) electrons. The van der Waals surface area contributed by atoms with Crippen LogP contribution in [0.2, 0.25) is 0 Å². The van der Waals surface area contributed by atoms with Gasteiger partial charge in [0, 0.05) is 12.5 Å². The number of nitrogens with zero attached hydrogens (tertiary/aromatic N) is 3. The zero-order chi connectivity index (χ0) is 21.7. The molecular formula is C23H32N4O2S. The predicted molar refractivity (Wildman–Crippen MR) is 122 cm³/mol. The molecule has 1 aromatic heterocycles. The summed E-state index contributed by atoms with van der Waals surface area (Å²) in [5, 5.41) is 3.90. The summed E-state index contributed by atoms with van der Waals surface area (Å²) in [6.45, 7) is 8.66. The Morgan fingerprint density at radius 1 is 1.20 bits per heavy atom. The Labute approximate surface area is 183 Å². The van der Waals surface area contributed by atoms with E-state index in [4.69, 9.17) is 4.74 Å². The van der Waals surface area contributed by atoms with Gasteiger partial charge in [-0.3, -0.25) is 9.69 Å². The van der Waals surface area contributed by atoms with Gasteiger partial charge in [-0.05, 0) is 56.8 Å². The summed E-state index contributed by atoms with van der Waals surface area (Å²) in [4.78, 5) is 24.8. The minimum absolute atomic E-state index is 0.107. The highest BCUT2D eigenvalue weighted by atomic mass is 32.2. The summed E-state index contributed by atoms with van der Waals surface area (Å²) < 4.78 is 5.30. The molecule has 1 atom stereocenters. The van der Waals surface area contributed by atoms with E-state index in [1.807, 2.05) is 25.3 Å². The van der Waals surface area contributed by atoms with Crippen LogP contribution in [0.3, 0.4) is 0 Å². The second-order valence-corrected chi connectivity index (χ2v) is 8.74. The highest BCUT2D eigenvalue weighted by Crippen LogP contribution is 2.27. The molecule has 2 heterocycles. The Hall–Kier alpha value is -2.12. The number of hydrogen-bond acceptors (Lipinski definition) is 6. The van der Waals surface area contributed by atoms with Crippen molar-refractivity contribution in [1.82, 2.24) is 20.2 Å². The fraction of sp³-hybridized carbons (Fsp3) is 0.522. The number of hydrogen-bond donors (Lipinski definition) is 1. The van der Waals surface area contributed by atoms with Gasteiger partial charge < -0.3 is 10.1 Å². The number of carbonyl (C=O) groups is 1. The second-order valence-electron chi connectivity index (χ2n) is 7.95. The summed E-state index contributed by atoms with van der Waals surface area (Å²) in [6, 6.07) is 8.28. The number of likely N-dealkylation sites (tertiary alicyclic amines) is 1. The summed E-state index contributed by atoms with van der Waals surface area (Å²) in [7, 11) is 1.67. The molecule has 1 amide bonds. The van der Waals surface area contributed by atoms with E-state index in [-0.39, 0.29) is 17.9 Å². The lowest BCUT2D eigenvalue weighted by molar-refractivity contribution is 0.0933. The van der Waals surface area contributed by atoms with Gasteiger partial charge >= 0.3 is 0 Å². The monoisotopic (exact) mass is 428 g/mol. The Bertz CT molecular complexity index is 864. The molecule has 6 nitrogen and oxygen atoms in total. The van der Waals surface area contributed by atoms with Crippen molar-refractivity contribution < 1.29 is 9.53 Å². The molecular weight excluding hydrogens is 396 g/mol. The third kappa shape index (κ3) is 5.13. The van der Waals surface area contributed by atoms with Crippen LogP contribution in [0, 0.1) is 6.92 Å². The fourth-order valence-electron chi connectivity index (χ4n) is 3.85. The minimum atomic E-state index is -0.107. The number of nitrogens with one attached hydrogen (secondary N) is 1. The summed E-state index contributed by atoms with van der Waals surface area (Å²) in [5.74, 6) is 1.73. The van der Waals surface area contributed by atoms with Gasteiger partial charge in [-0.15, -0.1) is 11.8 Å². The molecule has 7 heteroatoms. The smallest absolute Gasteiger partial charge is 0.255 e. The molecule has 162 valence electrons. The van der Waals surface area contributed by atoms with Crippen LogP contribution in [-0.4, -0.2) is 53.8 Å². The number of benzene rings is 1. The molecule has 2 aromatic rings. The molecule has 3 rings (SSSR count). The predicted octanol–water partition coefficient (Wildman–Crippen LogP) is 4.21. The van der Waals surface area contributed by atoms with Crippen molar-refractivity contribution in [2.24, 2.45) is 0 Å². The standard InChI is InChI=1S/C23H32N4O2S/c1-15(2)21-25-16(3)20(23(26-21)30-5)22(28)24-14-19(27-12-6-7-13-27)17-8-10-18(29-4)11-9-17/h8-11,15,19H,6-7,12-14H2,1-5H3,(H,24,28). The van der Waals surface area contributed by atoms with Crippen LogP contribution in [0.4, 0.5) is 0 Å². The first-order valence-electron chi connectivity index (χ1n) is 10.5. The van der Waals surface area contributed by atoms with Crippen LogP contribution in [0.25, 0.3) is 0 Å². The van der Waals surface area contributed by atoms with Crippen molar-refractivity contribution in [3.05, 3.63) is 46.9 Å². The molecule has 1 unspecified atom stereocenters. The Balaban J connectivity index is 1.80. The summed E-state index contributed by atoms with van der Waals surface area (Å²) in [6.07, 6.45) is 4.34. The molecule has 1 saturated heterocycles. The maximum Gasteiger partial charge on any atom is 0.255 e. The first-order valence-corrected chi connectivity index (χ1v) is 11.8. The van der Waals surface area contributed by atoms with Crippen LogP contribution in [-0.2, 0) is 0 Å². The number of ether oxygens (including phenoxy) is 1. The quantitative estimate of drug-likeness (QED) is 0.502. The van der Waals surface area contributed by atoms with Crippen LogP contribution in [0.1, 0.15) is 66.1 Å². The fourth-order valence-corrected chi connectivity index (χ4v) is 4.48. The molecule has 0 spiro atoms. The first kappa shape index (κ1) is 22.6. The molecule has 0 aliphatic carbocycles. The molecule has 0 saturated carbocycles. The van der Waals surface area contributed by atoms with Crippen LogP contribution < -0.4 is 10.1 Å². The molecule has 1 fully saturated rings. The van der Waals surface area contributed by atoms with Gasteiger partial charge in [0.05, 0.1) is 24.4 Å². The van der Waals surface area contributed by atoms with Crippen molar-refractivity contribution in [1.29, 1.82) is 0 Å². The third-order valence-electron chi connectivity index (χ3n) is 5.55. The van der Waals surface area contributed by atoms with E-state index in [9.17, 15) is 4.79 Å². The first-order chi connectivity index (χ1) is 14.4. The number of aryl methyl sites for hydroxylation is 1. The van der Waals surface area contributed by atoms with Gasteiger partial charge in [0.15, 0.2) is 0 Å². The lowest BCUT2D eigenvalue weighted by Crippen LogP contribution is -2.37. The lowest BCUT2D eigenvalue weighted by Gasteiger charge is -2.28. The van der Waals surface area contributed by atoms with Gasteiger partial charge in [-0.1, -0.05) is 26.0 Å². The van der Waals surface area contributed by atoms with Crippen molar-refractivity contribution in [3.63, 3.8) is 0 Å². The Morgan fingerprint density at radius 3 is 2.43 bits per heavy atom. The van der Waals surface area contributed by atoms with Crippen LogP contribution in [0.5, 0.6) is 5.75 Å². The molecule has 1 aliphatic rings. The number of carbonyl (C=O) groups excluding carboxylic acids is 1. The second kappa shape index (κ2) is 10.3. The van der Waals surface area contributed by atoms with Gasteiger partial charge in [0.25, 0.3) is 5.91 Å². The van der Waals surface area contributed by atoms with Gasteiger partial charge in [-0.2, -0.15) is 0 Å². The van der Waals surface area contributed by atoms with Crippen LogP contribution >= 0.6 is 11.8 Å². The topological polar surface area (TPSA) is 67.3 Å². The van der Waals surface area contributed by atoms with Gasteiger partial charge in [0.2, 0.25) is 0 Å². The number of aromatic nitrogens is 2. The van der Waals surface area contributed by atoms with Crippen molar-refractivity contribution >= 4 is 17.7 Å². The van der Waals surface area contributed by atoms with E-state index in [0.717, 1.165) is 35.4 Å². The number of amides is 1. The number of thioether (sulfide) groups is 1. The Morgan fingerprint density at radius 2 is 1.87 bits per heavy atom. The average molecular weight is 429 g/mol. The van der Waals surface area contributed by atoms with Crippen molar-refractivity contribution in [3.8, 4) is 5.75 Å². The molecule has 1 aliphatic heterocycles. The third-order valence-corrected chi connectivity index (χ3v) is 6.23. The van der Waals surface area contributed by atoms with Gasteiger partial charge in [-0.25, -0.2) is 9.97 Å². The van der Waals surface area contributed by atoms with E-state index in [0.29, 0.717) is 12.1 Å². The lowest BCUT2D eigenvalue weighted by atomic mass is 10.0. The summed E-state index contributed by atoms with van der Waals surface area (Å²) >= 11 is 1.49. The maximum absolute atomic E-state index is 13.1. The maximum atomic E-state index is 13.1. The van der Waals surface area contributed by atoms with E-state index < -0.39 is 0 Å². The van der Waals surface area contributed by atoms with Crippen LogP contribution in [0.15, 0.2) is 29.3 Å². The SMILES string of the molecule is COc1ccc(C(CNC(=O)c2c(C)nc(C(C)C)nc2SC)N2CCCC2)cc1. The highest BCUT2D eigenvalue weighted by Gasteiger charge is 2.26. The van der Waals surface area contributed by atoms with E-state index >= 15 is 0 Å². The Kier molecular flexibility index (Phi) is 7.72. The summed E-state index contributed by atoms with van der Waals surface area (Å²) in [5.41, 5.74) is 2.51. The minimum Gasteiger partial charge on any atom is -0.497 e. The average Bonchev–Trinajstić information content (AvgIpc) is 3.28. The molecule has 30 heavy (non-hydrogen) atoms. The number of rotatable bonds is 8. The van der Waals surface area contributed by atoms with E-state index in [1.165, 1.54) is 30.2 Å². The largest absolute Gasteiger partial charge is 0.497 e. The van der Waals surface area contributed by atoms with Crippen molar-refractivity contribution in [2.45, 2.75) is 50.6 Å². The molecule has 1 N–H and O–H groups in total. The highest BCUT2D eigenvalue weighted by molar-refractivity contribution is 7.98. The van der Waals surface area contributed by atoms with Gasteiger partial charge in [0.1, 0.15) is 16.6 Å². The zero-order valence-corrected chi connectivity index (χ0v) is 19.4. The number of methoxy groups -OCH3 is 1. The molecule has 0 bridgehead atoms. The zero-order valence-electron chi connectivity index (χ0n) is 18.6. The van der Waals surface area contributed by atoms with Crippen molar-refractivity contribution in [2.75, 3.05) is 33.0 Å². The normalized spacial score (nSPS) is 15.4. The van der Waals surface area contributed by atoms with E-state index in [2.05, 4.69) is 46.2 Å². The molecule has 1 aromatic carbocycles. The van der Waals surface area contributed by atoms with E-state index in [1.54, 1.807) is 7.11 Å².